The van der Waals surface area contributed by atoms with Crippen molar-refractivity contribution in [1.82, 2.24) is 0 Å². The fraction of sp³-hybridized carbons (Fsp3) is 0. The molecule has 0 aliphatic heterocycles. The number of halogens is 3. The standard InChI is InChI=1S/C9H4F3N/c10-7-4-6(2-1-3-13)5-8(11)9(7)12/h1-2,4-5H/b2-1+. The van der Waals surface area contributed by atoms with E-state index in [1.165, 1.54) is 6.08 Å². The van der Waals surface area contributed by atoms with Crippen LogP contribution in [0.1, 0.15) is 5.56 Å². The van der Waals surface area contributed by atoms with Gasteiger partial charge < -0.3 is 0 Å². The van der Waals surface area contributed by atoms with Gasteiger partial charge in [0.2, 0.25) is 0 Å². The second-order valence-corrected chi connectivity index (χ2v) is 2.26. The Hall–Kier alpha value is -1.76. The quantitative estimate of drug-likeness (QED) is 0.485. The summed E-state index contributed by atoms with van der Waals surface area (Å²) in [6, 6.07) is 3.27. The summed E-state index contributed by atoms with van der Waals surface area (Å²) in [5, 5.41) is 8.12. The Bertz CT molecular complexity index is 367. The highest BCUT2D eigenvalue weighted by Gasteiger charge is 2.08. The maximum absolute atomic E-state index is 12.5. The molecular weight excluding hydrogens is 179 g/mol. The van der Waals surface area contributed by atoms with E-state index in [1.807, 2.05) is 0 Å². The monoisotopic (exact) mass is 183 g/mol. The molecule has 0 atom stereocenters. The Morgan fingerprint density at radius 3 is 2.15 bits per heavy atom. The summed E-state index contributed by atoms with van der Waals surface area (Å²) in [5.74, 6) is -4.04. The Morgan fingerprint density at radius 1 is 1.15 bits per heavy atom. The first-order valence-electron chi connectivity index (χ1n) is 3.36. The van der Waals surface area contributed by atoms with Crippen LogP contribution in [0.25, 0.3) is 6.08 Å². The van der Waals surface area contributed by atoms with E-state index in [-0.39, 0.29) is 5.56 Å². The van der Waals surface area contributed by atoms with Gasteiger partial charge in [-0.05, 0) is 23.8 Å². The Balaban J connectivity index is 3.15. The maximum atomic E-state index is 12.5. The van der Waals surface area contributed by atoms with Crippen LogP contribution in [-0.4, -0.2) is 0 Å². The van der Waals surface area contributed by atoms with Crippen LogP contribution in [-0.2, 0) is 0 Å². The molecule has 0 N–H and O–H groups in total. The first-order chi connectivity index (χ1) is 6.15. The molecule has 1 aromatic rings. The van der Waals surface area contributed by atoms with E-state index in [9.17, 15) is 13.2 Å². The first kappa shape index (κ1) is 9.33. The van der Waals surface area contributed by atoms with Gasteiger partial charge in [0, 0.05) is 6.08 Å². The fourth-order valence-corrected chi connectivity index (χ4v) is 0.805. The third kappa shape index (κ3) is 2.09. The van der Waals surface area contributed by atoms with Crippen LogP contribution in [0.15, 0.2) is 18.2 Å². The van der Waals surface area contributed by atoms with Crippen molar-refractivity contribution in [2.24, 2.45) is 0 Å². The lowest BCUT2D eigenvalue weighted by Crippen LogP contribution is -1.90. The predicted molar refractivity (Wildman–Crippen MR) is 41.0 cm³/mol. The zero-order valence-electron chi connectivity index (χ0n) is 6.39. The summed E-state index contributed by atoms with van der Waals surface area (Å²) in [7, 11) is 0. The Labute approximate surface area is 72.7 Å². The van der Waals surface area contributed by atoms with Gasteiger partial charge in [-0.15, -0.1) is 0 Å². The number of nitriles is 1. The molecule has 0 spiro atoms. The molecule has 0 bridgehead atoms. The van der Waals surface area contributed by atoms with Gasteiger partial charge in [0.1, 0.15) is 0 Å². The van der Waals surface area contributed by atoms with Crippen LogP contribution in [0.2, 0.25) is 0 Å². The zero-order valence-corrected chi connectivity index (χ0v) is 6.39. The number of allylic oxidation sites excluding steroid dienone is 1. The molecule has 66 valence electrons. The molecule has 13 heavy (non-hydrogen) atoms. The highest BCUT2D eigenvalue weighted by atomic mass is 19.2. The number of nitrogens with zero attached hydrogens (tertiary/aromatic N) is 1. The number of hydrogen-bond donors (Lipinski definition) is 0. The summed E-state index contributed by atoms with van der Waals surface area (Å²) in [4.78, 5) is 0. The van der Waals surface area contributed by atoms with E-state index >= 15 is 0 Å². The van der Waals surface area contributed by atoms with E-state index in [4.69, 9.17) is 5.26 Å². The van der Waals surface area contributed by atoms with Crippen molar-refractivity contribution in [3.05, 3.63) is 41.2 Å². The first-order valence-corrected chi connectivity index (χ1v) is 3.36. The predicted octanol–water partition coefficient (Wildman–Crippen LogP) is 2.64. The highest BCUT2D eigenvalue weighted by Crippen LogP contribution is 2.14. The molecule has 0 aliphatic carbocycles. The summed E-state index contributed by atoms with van der Waals surface area (Å²) in [6.07, 6.45) is 2.23. The number of benzene rings is 1. The lowest BCUT2D eigenvalue weighted by Gasteiger charge is -1.96. The number of hydrogen-bond acceptors (Lipinski definition) is 1. The molecule has 0 amide bonds. The minimum atomic E-state index is -1.51. The molecule has 0 heterocycles. The average Bonchev–Trinajstić information content (AvgIpc) is 2.10. The van der Waals surface area contributed by atoms with Crippen LogP contribution in [0.4, 0.5) is 13.2 Å². The van der Waals surface area contributed by atoms with Crippen LogP contribution in [0.5, 0.6) is 0 Å². The Kier molecular flexibility index (Phi) is 2.70. The van der Waals surface area contributed by atoms with E-state index in [0.717, 1.165) is 18.2 Å². The molecule has 1 nitrogen and oxygen atoms in total. The van der Waals surface area contributed by atoms with Gasteiger partial charge in [-0.1, -0.05) is 0 Å². The second-order valence-electron chi connectivity index (χ2n) is 2.26. The molecule has 1 aromatic carbocycles. The SMILES string of the molecule is N#C/C=C/c1cc(F)c(F)c(F)c1. The minimum Gasteiger partial charge on any atom is -0.204 e. The van der Waals surface area contributed by atoms with E-state index in [1.54, 1.807) is 6.07 Å². The minimum absolute atomic E-state index is 0.109. The van der Waals surface area contributed by atoms with Crippen molar-refractivity contribution in [3.8, 4) is 6.07 Å². The van der Waals surface area contributed by atoms with Crippen LogP contribution < -0.4 is 0 Å². The highest BCUT2D eigenvalue weighted by molar-refractivity contribution is 5.51. The third-order valence-corrected chi connectivity index (χ3v) is 1.36. The van der Waals surface area contributed by atoms with Gasteiger partial charge in [0.15, 0.2) is 17.5 Å². The molecule has 1 rings (SSSR count). The van der Waals surface area contributed by atoms with Crippen LogP contribution in [0, 0.1) is 28.8 Å². The van der Waals surface area contributed by atoms with Gasteiger partial charge in [-0.2, -0.15) is 5.26 Å². The molecule has 0 fully saturated rings. The molecule has 0 aliphatic rings. The maximum Gasteiger partial charge on any atom is 0.194 e. The van der Waals surface area contributed by atoms with Crippen LogP contribution in [0.3, 0.4) is 0 Å². The third-order valence-electron chi connectivity index (χ3n) is 1.36. The lowest BCUT2D eigenvalue weighted by atomic mass is 10.2. The fourth-order valence-electron chi connectivity index (χ4n) is 0.805. The van der Waals surface area contributed by atoms with Crippen molar-refractivity contribution in [1.29, 1.82) is 5.26 Å². The summed E-state index contributed by atoms with van der Waals surface area (Å²) in [6.45, 7) is 0. The number of rotatable bonds is 1. The molecule has 0 aromatic heterocycles. The van der Waals surface area contributed by atoms with Crippen molar-refractivity contribution in [3.63, 3.8) is 0 Å². The van der Waals surface area contributed by atoms with Gasteiger partial charge >= 0.3 is 0 Å². The molecule has 0 unspecified atom stereocenters. The van der Waals surface area contributed by atoms with Crippen molar-refractivity contribution < 1.29 is 13.2 Å². The molecule has 0 radical (unpaired) electrons. The van der Waals surface area contributed by atoms with E-state index in [2.05, 4.69) is 0 Å². The smallest absolute Gasteiger partial charge is 0.194 e. The van der Waals surface area contributed by atoms with E-state index in [0.29, 0.717) is 0 Å². The van der Waals surface area contributed by atoms with Crippen molar-refractivity contribution in [2.75, 3.05) is 0 Å². The lowest BCUT2D eigenvalue weighted by molar-refractivity contribution is 0.447. The van der Waals surface area contributed by atoms with Gasteiger partial charge in [0.05, 0.1) is 6.07 Å². The average molecular weight is 183 g/mol. The molecular formula is C9H4F3N. The summed E-state index contributed by atoms with van der Waals surface area (Å²) < 4.78 is 37.5. The summed E-state index contributed by atoms with van der Waals surface area (Å²) >= 11 is 0. The van der Waals surface area contributed by atoms with Gasteiger partial charge in [-0.3, -0.25) is 0 Å². The van der Waals surface area contributed by atoms with Crippen LogP contribution >= 0.6 is 0 Å². The Morgan fingerprint density at radius 2 is 1.69 bits per heavy atom. The van der Waals surface area contributed by atoms with Crippen molar-refractivity contribution in [2.45, 2.75) is 0 Å². The normalized spacial score (nSPS) is 10.3. The van der Waals surface area contributed by atoms with Gasteiger partial charge in [-0.25, -0.2) is 13.2 Å². The van der Waals surface area contributed by atoms with Gasteiger partial charge in [0.25, 0.3) is 0 Å². The molecule has 0 saturated heterocycles. The summed E-state index contributed by atoms with van der Waals surface area (Å²) in [5.41, 5.74) is 0.109. The van der Waals surface area contributed by atoms with Crippen molar-refractivity contribution >= 4 is 6.08 Å². The molecule has 0 saturated carbocycles. The largest absolute Gasteiger partial charge is 0.204 e. The van der Waals surface area contributed by atoms with E-state index < -0.39 is 17.5 Å². The topological polar surface area (TPSA) is 23.8 Å². The molecule has 4 heteroatoms. The second kappa shape index (κ2) is 3.76. The zero-order chi connectivity index (χ0) is 9.84.